The normalized spacial score (nSPS) is 25.5. The van der Waals surface area contributed by atoms with E-state index < -0.39 is 76.7 Å². The van der Waals surface area contributed by atoms with Crippen molar-refractivity contribution in [1.29, 1.82) is 0 Å². The highest BCUT2D eigenvalue weighted by molar-refractivity contribution is 5.93. The summed E-state index contributed by atoms with van der Waals surface area (Å²) < 4.78 is 17.1. The molecule has 290 valence electrons. The van der Waals surface area contributed by atoms with E-state index in [0.717, 1.165) is 29.7 Å². The summed E-state index contributed by atoms with van der Waals surface area (Å²) in [5.41, 5.74) is 11.3. The Hall–Kier alpha value is -5.61. The first-order chi connectivity index (χ1) is 26.2. The standard InChI is InChI=1S/C40H43N3O12/c41-39(42)43-18-40(52)35(48)34(37(50)51)55-38(36(40)49)54-30-17-29-31(33(47)32(30)46)27(45)16-28(53-29)25-11-10-23(44)15-26(25)22-13-20-8-4-5-9-24(20)21(14-22)12-19-6-2-1-3-7-19/h4-5,8-11,13,15-17,19,21,34-36,38,44,46-49,52H,1-3,6-7,12,14,18H2,(H,50,51)(H4,41,42,43). The van der Waals surface area contributed by atoms with E-state index in [1.807, 2.05) is 12.1 Å². The summed E-state index contributed by atoms with van der Waals surface area (Å²) in [4.78, 5) is 29.2. The molecule has 1 saturated heterocycles. The van der Waals surface area contributed by atoms with E-state index in [2.05, 4.69) is 23.2 Å². The number of hydrogen-bond donors (Lipinski definition) is 9. The van der Waals surface area contributed by atoms with Crippen LogP contribution in [0.2, 0.25) is 0 Å². The van der Waals surface area contributed by atoms with Crippen LogP contribution in [0.4, 0.5) is 0 Å². The van der Waals surface area contributed by atoms with Crippen LogP contribution < -0.4 is 21.6 Å². The van der Waals surface area contributed by atoms with Crippen molar-refractivity contribution in [2.45, 2.75) is 81.1 Å². The minimum atomic E-state index is -2.72. The van der Waals surface area contributed by atoms with E-state index in [1.165, 1.54) is 43.7 Å². The van der Waals surface area contributed by atoms with E-state index in [1.54, 1.807) is 12.1 Å². The summed E-state index contributed by atoms with van der Waals surface area (Å²) in [5, 5.41) is 74.7. The number of carboxylic acid groups (broad SMARTS) is 1. The highest BCUT2D eigenvalue weighted by atomic mass is 16.7. The smallest absolute Gasteiger partial charge is 0.335 e. The summed E-state index contributed by atoms with van der Waals surface area (Å²) in [5.74, 6) is -3.95. The number of hydrogen-bond acceptors (Lipinski definition) is 12. The van der Waals surface area contributed by atoms with E-state index in [-0.39, 0.29) is 23.0 Å². The van der Waals surface area contributed by atoms with Gasteiger partial charge in [0.15, 0.2) is 29.0 Å². The van der Waals surface area contributed by atoms with Gasteiger partial charge in [0, 0.05) is 17.7 Å². The molecule has 3 aliphatic rings. The van der Waals surface area contributed by atoms with Gasteiger partial charge in [-0.3, -0.25) is 9.79 Å². The maximum Gasteiger partial charge on any atom is 0.335 e. The van der Waals surface area contributed by atoms with Gasteiger partial charge < -0.3 is 61.1 Å². The molecule has 6 atom stereocenters. The van der Waals surface area contributed by atoms with Crippen LogP contribution in [0.3, 0.4) is 0 Å². The number of nitrogens with two attached hydrogens (primary N) is 2. The van der Waals surface area contributed by atoms with Gasteiger partial charge in [-0.1, -0.05) is 62.4 Å². The van der Waals surface area contributed by atoms with Crippen LogP contribution in [0, 0.1) is 5.92 Å². The maximum absolute atomic E-state index is 13.6. The van der Waals surface area contributed by atoms with Crippen LogP contribution in [0.1, 0.15) is 67.6 Å². The monoisotopic (exact) mass is 757 g/mol. The van der Waals surface area contributed by atoms with Gasteiger partial charge in [0.05, 0.1) is 6.54 Å². The molecule has 4 aromatic rings. The number of aliphatic hydroxyl groups is 3. The molecule has 1 aromatic heterocycles. The Balaban J connectivity index is 1.27. The SMILES string of the molecule is NC(N)=NCC1(O)C(O)C(Oc2cc3oc(-c4ccc(O)cc4C4=Cc5ccccc5C(CC5CCCCC5)C4)cc(=O)c3c(O)c2O)OC(C(=O)O)C1O. The van der Waals surface area contributed by atoms with Crippen molar-refractivity contribution in [2.75, 3.05) is 6.54 Å². The zero-order valence-corrected chi connectivity index (χ0v) is 29.7. The number of benzene rings is 3. The minimum absolute atomic E-state index is 0.000602. The molecular formula is C40H43N3O12. The van der Waals surface area contributed by atoms with Crippen LogP contribution in [-0.2, 0) is 9.53 Å². The topological polar surface area (TPSA) is 272 Å². The number of rotatable bonds is 9. The van der Waals surface area contributed by atoms with Crippen molar-refractivity contribution in [3.05, 3.63) is 81.5 Å². The summed E-state index contributed by atoms with van der Waals surface area (Å²) >= 11 is 0. The number of allylic oxidation sites excluding steroid dienone is 1. The van der Waals surface area contributed by atoms with Crippen molar-refractivity contribution in [2.24, 2.45) is 22.4 Å². The first-order valence-electron chi connectivity index (χ1n) is 18.1. The fourth-order valence-corrected chi connectivity index (χ4v) is 8.15. The molecule has 2 fully saturated rings. The zero-order valence-electron chi connectivity index (χ0n) is 29.7. The quantitative estimate of drug-likeness (QED) is 0.0672. The number of fused-ring (bicyclic) bond motifs is 2. The average Bonchev–Trinajstić information content (AvgIpc) is 3.16. The molecule has 0 spiro atoms. The molecule has 1 saturated carbocycles. The van der Waals surface area contributed by atoms with Gasteiger partial charge in [0.25, 0.3) is 0 Å². The number of phenols is 3. The molecule has 0 radical (unpaired) electrons. The molecule has 3 aromatic carbocycles. The Kier molecular flexibility index (Phi) is 10.2. The largest absolute Gasteiger partial charge is 0.508 e. The summed E-state index contributed by atoms with van der Waals surface area (Å²) in [6.07, 6.45) is 1.16. The molecular weight excluding hydrogens is 714 g/mol. The lowest BCUT2D eigenvalue weighted by atomic mass is 9.73. The van der Waals surface area contributed by atoms with Crippen LogP contribution in [0.25, 0.3) is 33.9 Å². The number of phenolic OH excluding ortho intramolecular Hbond substituents is 3. The Morgan fingerprint density at radius 1 is 0.945 bits per heavy atom. The number of aromatic hydroxyl groups is 3. The van der Waals surface area contributed by atoms with Gasteiger partial charge in [-0.05, 0) is 65.1 Å². The van der Waals surface area contributed by atoms with Crippen LogP contribution in [0.15, 0.2) is 68.8 Å². The van der Waals surface area contributed by atoms with Crippen molar-refractivity contribution in [1.82, 2.24) is 0 Å². The Morgan fingerprint density at radius 3 is 2.42 bits per heavy atom. The zero-order chi connectivity index (χ0) is 39.2. The number of carboxylic acids is 1. The van der Waals surface area contributed by atoms with Crippen molar-refractivity contribution in [3.8, 4) is 34.3 Å². The Morgan fingerprint density at radius 2 is 1.69 bits per heavy atom. The fraction of sp³-hybridized carbons (Fsp3) is 0.375. The van der Waals surface area contributed by atoms with Crippen LogP contribution in [-0.4, -0.2) is 84.4 Å². The van der Waals surface area contributed by atoms with Crippen molar-refractivity contribution >= 4 is 34.5 Å². The molecule has 15 heteroatoms. The molecule has 11 N–H and O–H groups in total. The summed E-state index contributed by atoms with van der Waals surface area (Å²) in [6.45, 7) is -0.865. The van der Waals surface area contributed by atoms with Gasteiger partial charge in [0.2, 0.25) is 12.0 Å². The number of nitrogens with zero attached hydrogens (tertiary/aromatic N) is 1. The second-order valence-corrected chi connectivity index (χ2v) is 14.6. The molecule has 15 nitrogen and oxygen atoms in total. The van der Waals surface area contributed by atoms with E-state index in [4.69, 9.17) is 25.4 Å². The lowest BCUT2D eigenvalue weighted by molar-refractivity contribution is -0.303. The van der Waals surface area contributed by atoms with Gasteiger partial charge in [-0.15, -0.1) is 0 Å². The predicted molar refractivity (Wildman–Crippen MR) is 200 cm³/mol. The average molecular weight is 758 g/mol. The molecule has 0 amide bonds. The third kappa shape index (κ3) is 7.18. The third-order valence-corrected chi connectivity index (χ3v) is 11.0. The summed E-state index contributed by atoms with van der Waals surface area (Å²) in [6, 6.07) is 15.1. The first-order valence-corrected chi connectivity index (χ1v) is 18.1. The summed E-state index contributed by atoms with van der Waals surface area (Å²) in [7, 11) is 0. The van der Waals surface area contributed by atoms with E-state index in [0.29, 0.717) is 23.5 Å². The highest BCUT2D eigenvalue weighted by Crippen LogP contribution is 2.47. The number of aliphatic carboxylic acids is 1. The van der Waals surface area contributed by atoms with E-state index >= 15 is 0 Å². The number of aliphatic hydroxyl groups excluding tert-OH is 2. The Labute approximate surface area is 314 Å². The van der Waals surface area contributed by atoms with Crippen molar-refractivity contribution < 1.29 is 54.4 Å². The van der Waals surface area contributed by atoms with E-state index in [9.17, 15) is 45.3 Å². The number of aliphatic imine (C=N–C) groups is 1. The number of carbonyl (C=O) groups is 1. The predicted octanol–water partition coefficient (Wildman–Crippen LogP) is 3.49. The lowest BCUT2D eigenvalue weighted by Crippen LogP contribution is -2.70. The Bertz CT molecular complexity index is 2240. The second-order valence-electron chi connectivity index (χ2n) is 14.6. The lowest BCUT2D eigenvalue weighted by Gasteiger charge is -2.45. The minimum Gasteiger partial charge on any atom is -0.508 e. The van der Waals surface area contributed by atoms with Crippen molar-refractivity contribution in [3.63, 3.8) is 0 Å². The second kappa shape index (κ2) is 14.9. The van der Waals surface area contributed by atoms with Gasteiger partial charge in [0.1, 0.15) is 40.3 Å². The van der Waals surface area contributed by atoms with Crippen LogP contribution in [0.5, 0.6) is 23.0 Å². The number of guanidine groups is 1. The van der Waals surface area contributed by atoms with Gasteiger partial charge >= 0.3 is 5.97 Å². The first kappa shape index (κ1) is 37.7. The van der Waals surface area contributed by atoms with Gasteiger partial charge in [-0.25, -0.2) is 4.79 Å². The fourth-order valence-electron chi connectivity index (χ4n) is 8.15. The van der Waals surface area contributed by atoms with Gasteiger partial charge in [-0.2, -0.15) is 0 Å². The molecule has 55 heavy (non-hydrogen) atoms. The molecule has 2 aliphatic carbocycles. The highest BCUT2D eigenvalue weighted by Gasteiger charge is 2.58. The molecule has 1 aliphatic heterocycles. The maximum atomic E-state index is 13.6. The third-order valence-electron chi connectivity index (χ3n) is 11.0. The molecule has 0 bridgehead atoms. The molecule has 7 rings (SSSR count). The van der Waals surface area contributed by atoms with Crippen LogP contribution >= 0.6 is 0 Å². The molecule has 6 unspecified atom stereocenters. The molecule has 2 heterocycles. The number of ether oxygens (including phenoxy) is 2.